The van der Waals surface area contributed by atoms with E-state index in [9.17, 15) is 9.59 Å². The van der Waals surface area contributed by atoms with E-state index in [0.717, 1.165) is 0 Å². The fourth-order valence-corrected chi connectivity index (χ4v) is 2.54. The molecular formula is C16H12ClN3O4. The zero-order chi connectivity index (χ0) is 17.3. The van der Waals surface area contributed by atoms with Crippen LogP contribution in [0.15, 0.2) is 41.3 Å². The average molecular weight is 346 g/mol. The second-order valence-electron chi connectivity index (χ2n) is 4.76. The number of anilines is 1. The van der Waals surface area contributed by atoms with Gasteiger partial charge < -0.3 is 14.8 Å². The lowest BCUT2D eigenvalue weighted by molar-refractivity contribution is 0.0974. The van der Waals surface area contributed by atoms with E-state index in [0.29, 0.717) is 17.2 Å². The molecule has 1 aromatic carbocycles. The smallest absolute Gasteiger partial charge is 0.231 e. The number of hydrogen-bond donors (Lipinski definition) is 1. The quantitative estimate of drug-likeness (QED) is 0.910. The van der Waals surface area contributed by atoms with Crippen LogP contribution in [0, 0.1) is 0 Å². The van der Waals surface area contributed by atoms with Gasteiger partial charge in [-0.3, -0.25) is 9.59 Å². The number of benzene rings is 1. The molecule has 0 amide bonds. The molecule has 0 saturated carbocycles. The van der Waals surface area contributed by atoms with E-state index in [-0.39, 0.29) is 22.1 Å². The summed E-state index contributed by atoms with van der Waals surface area (Å²) in [5.74, 6) is -0.251. The van der Waals surface area contributed by atoms with Gasteiger partial charge in [-0.2, -0.15) is 0 Å². The van der Waals surface area contributed by atoms with Crippen molar-refractivity contribution in [1.82, 2.24) is 9.97 Å². The number of carbonyl (C=O) groups is 2. The van der Waals surface area contributed by atoms with Gasteiger partial charge in [0.25, 0.3) is 0 Å². The summed E-state index contributed by atoms with van der Waals surface area (Å²) in [4.78, 5) is 32.8. The predicted octanol–water partition coefficient (Wildman–Crippen LogP) is 2.44. The summed E-state index contributed by atoms with van der Waals surface area (Å²) >= 11 is 6.09. The van der Waals surface area contributed by atoms with Gasteiger partial charge in [-0.25, -0.2) is 9.97 Å². The number of nitrogens with zero attached hydrogens (tertiary/aromatic N) is 2. The molecule has 0 radical (unpaired) electrons. The van der Waals surface area contributed by atoms with Crippen LogP contribution in [-0.4, -0.2) is 35.8 Å². The van der Waals surface area contributed by atoms with E-state index < -0.39 is 11.6 Å². The number of methoxy groups -OCH3 is 2. The molecule has 24 heavy (non-hydrogen) atoms. The molecular weight excluding hydrogens is 334 g/mol. The summed E-state index contributed by atoms with van der Waals surface area (Å²) in [6, 6.07) is 5.10. The van der Waals surface area contributed by atoms with E-state index in [2.05, 4.69) is 15.3 Å². The minimum absolute atomic E-state index is 0.0525. The molecule has 0 spiro atoms. The molecule has 0 unspecified atom stereocenters. The van der Waals surface area contributed by atoms with Crippen molar-refractivity contribution in [2.75, 3.05) is 19.5 Å². The Morgan fingerprint density at radius 2 is 1.50 bits per heavy atom. The number of rotatable bonds is 4. The van der Waals surface area contributed by atoms with Gasteiger partial charge >= 0.3 is 0 Å². The van der Waals surface area contributed by atoms with Crippen molar-refractivity contribution in [2.45, 2.75) is 0 Å². The van der Waals surface area contributed by atoms with E-state index >= 15 is 0 Å². The number of carbonyl (C=O) groups excluding carboxylic acids is 2. The Kier molecular flexibility index (Phi) is 4.18. The Balaban J connectivity index is 2.10. The Morgan fingerprint density at radius 1 is 0.958 bits per heavy atom. The minimum Gasteiger partial charge on any atom is -0.494 e. The normalized spacial score (nSPS) is 13.6. The van der Waals surface area contributed by atoms with Gasteiger partial charge in [0.2, 0.25) is 11.6 Å². The lowest BCUT2D eigenvalue weighted by atomic mass is 10.0. The molecule has 0 atom stereocenters. The topological polar surface area (TPSA) is 90.4 Å². The Bertz CT molecular complexity index is 857. The van der Waals surface area contributed by atoms with Crippen molar-refractivity contribution >= 4 is 28.9 Å². The molecule has 1 N–H and O–H groups in total. The largest absolute Gasteiger partial charge is 0.494 e. The van der Waals surface area contributed by atoms with Gasteiger partial charge in [-0.05, 0) is 12.1 Å². The third-order valence-corrected chi connectivity index (χ3v) is 3.81. The number of Topliss-reactive ketones (excluding diaryl/α,β-unsaturated/α-hetero) is 2. The number of para-hydroxylation sites is 1. The standard InChI is InChI=1S/C16H12ClN3O4/c1-23-8-4-3-5-9(24-2)11(8)20-12-10(17)15(21)13-14(16(12)22)19-7-6-18-13/h3-7,20H,1-2H3. The van der Waals surface area contributed by atoms with Crippen LogP contribution in [0.4, 0.5) is 5.69 Å². The van der Waals surface area contributed by atoms with Gasteiger partial charge in [-0.15, -0.1) is 0 Å². The second kappa shape index (κ2) is 6.29. The third kappa shape index (κ3) is 2.48. The third-order valence-electron chi connectivity index (χ3n) is 3.45. The summed E-state index contributed by atoms with van der Waals surface area (Å²) in [5.41, 5.74) is 0.162. The highest BCUT2D eigenvalue weighted by molar-refractivity contribution is 6.49. The van der Waals surface area contributed by atoms with Crippen LogP contribution >= 0.6 is 11.6 Å². The Morgan fingerprint density at radius 3 is 2.04 bits per heavy atom. The van der Waals surface area contributed by atoms with Crippen molar-refractivity contribution in [3.63, 3.8) is 0 Å². The maximum atomic E-state index is 12.6. The molecule has 1 aliphatic rings. The summed E-state index contributed by atoms with van der Waals surface area (Å²) in [6.07, 6.45) is 2.67. The van der Waals surface area contributed by atoms with Crippen LogP contribution in [0.3, 0.4) is 0 Å². The fraction of sp³-hybridized carbons (Fsp3) is 0.125. The highest BCUT2D eigenvalue weighted by atomic mass is 35.5. The van der Waals surface area contributed by atoms with Crippen molar-refractivity contribution < 1.29 is 19.1 Å². The first-order valence-electron chi connectivity index (χ1n) is 6.86. The van der Waals surface area contributed by atoms with Gasteiger partial charge in [0.1, 0.15) is 39.3 Å². The molecule has 0 saturated heterocycles. The number of hydrogen-bond acceptors (Lipinski definition) is 7. The molecule has 7 nitrogen and oxygen atoms in total. The number of nitrogens with one attached hydrogen (secondary N) is 1. The van der Waals surface area contributed by atoms with Crippen LogP contribution in [0.5, 0.6) is 11.5 Å². The number of ketones is 2. The van der Waals surface area contributed by atoms with Crippen LogP contribution in [0.2, 0.25) is 0 Å². The molecule has 1 aromatic heterocycles. The zero-order valence-electron chi connectivity index (χ0n) is 12.8. The molecule has 3 rings (SSSR count). The van der Waals surface area contributed by atoms with E-state index in [1.165, 1.54) is 26.6 Å². The van der Waals surface area contributed by atoms with E-state index in [1.54, 1.807) is 18.2 Å². The van der Waals surface area contributed by atoms with E-state index in [1.807, 2.05) is 0 Å². The van der Waals surface area contributed by atoms with Crippen molar-refractivity contribution in [2.24, 2.45) is 0 Å². The highest BCUT2D eigenvalue weighted by Crippen LogP contribution is 2.37. The fourth-order valence-electron chi connectivity index (χ4n) is 2.32. The number of allylic oxidation sites excluding steroid dienone is 2. The monoisotopic (exact) mass is 345 g/mol. The highest BCUT2D eigenvalue weighted by Gasteiger charge is 2.34. The zero-order valence-corrected chi connectivity index (χ0v) is 13.5. The first kappa shape index (κ1) is 15.9. The van der Waals surface area contributed by atoms with Gasteiger partial charge in [0.15, 0.2) is 0 Å². The minimum atomic E-state index is -0.573. The average Bonchev–Trinajstić information content (AvgIpc) is 2.63. The number of aromatic nitrogens is 2. The van der Waals surface area contributed by atoms with Gasteiger partial charge in [-0.1, -0.05) is 17.7 Å². The van der Waals surface area contributed by atoms with Gasteiger partial charge in [0.05, 0.1) is 14.2 Å². The number of fused-ring (bicyclic) bond motifs is 1. The van der Waals surface area contributed by atoms with Crippen LogP contribution < -0.4 is 14.8 Å². The van der Waals surface area contributed by atoms with Crippen molar-refractivity contribution in [3.8, 4) is 11.5 Å². The summed E-state index contributed by atoms with van der Waals surface area (Å²) in [5, 5.41) is 2.59. The summed E-state index contributed by atoms with van der Waals surface area (Å²) in [6.45, 7) is 0. The number of ether oxygens (including phenoxy) is 2. The van der Waals surface area contributed by atoms with Crippen LogP contribution in [-0.2, 0) is 0 Å². The lowest BCUT2D eigenvalue weighted by Crippen LogP contribution is -2.26. The molecule has 1 aliphatic carbocycles. The summed E-state index contributed by atoms with van der Waals surface area (Å²) in [7, 11) is 2.95. The van der Waals surface area contributed by atoms with Gasteiger partial charge in [0, 0.05) is 12.4 Å². The molecule has 8 heteroatoms. The number of halogens is 1. The Labute approximate surface area is 142 Å². The van der Waals surface area contributed by atoms with E-state index in [4.69, 9.17) is 21.1 Å². The Hall–Kier alpha value is -2.93. The molecule has 122 valence electrons. The maximum absolute atomic E-state index is 12.6. The molecule has 0 aliphatic heterocycles. The molecule has 0 bridgehead atoms. The predicted molar refractivity (Wildman–Crippen MR) is 86.7 cm³/mol. The molecule has 2 aromatic rings. The lowest BCUT2D eigenvalue weighted by Gasteiger charge is -2.20. The van der Waals surface area contributed by atoms with Crippen molar-refractivity contribution in [1.29, 1.82) is 0 Å². The summed E-state index contributed by atoms with van der Waals surface area (Å²) < 4.78 is 10.5. The van der Waals surface area contributed by atoms with Crippen LogP contribution in [0.25, 0.3) is 0 Å². The molecule has 1 heterocycles. The first-order valence-corrected chi connectivity index (χ1v) is 7.24. The SMILES string of the molecule is COc1cccc(OC)c1NC1=C(Cl)C(=O)c2nccnc2C1=O. The maximum Gasteiger partial charge on any atom is 0.231 e. The van der Waals surface area contributed by atoms with Crippen molar-refractivity contribution in [3.05, 3.63) is 52.7 Å². The first-order chi connectivity index (χ1) is 11.6. The van der Waals surface area contributed by atoms with Crippen LogP contribution in [0.1, 0.15) is 21.0 Å². The molecule has 0 fully saturated rings. The second-order valence-corrected chi connectivity index (χ2v) is 5.14.